The fraction of sp³-hybridized carbons (Fsp3) is 0.667. The van der Waals surface area contributed by atoms with Crippen LogP contribution in [0.1, 0.15) is 68.4 Å². The molecule has 2 aliphatic rings. The Labute approximate surface area is 162 Å². The molecule has 27 heavy (non-hydrogen) atoms. The molecular weight excluding hydrogens is 338 g/mol. The summed E-state index contributed by atoms with van der Waals surface area (Å²) >= 11 is 0. The smallest absolute Gasteiger partial charge is 0.131 e. The summed E-state index contributed by atoms with van der Waals surface area (Å²) < 4.78 is 8.31. The van der Waals surface area contributed by atoms with E-state index in [1.165, 1.54) is 23.4 Å². The summed E-state index contributed by atoms with van der Waals surface area (Å²) in [5.41, 5.74) is 3.76. The summed E-state index contributed by atoms with van der Waals surface area (Å²) in [4.78, 5) is 11.9. The van der Waals surface area contributed by atoms with Gasteiger partial charge in [-0.05, 0) is 37.8 Å². The normalized spacial score (nSPS) is 23.6. The molecule has 2 atom stereocenters. The number of fused-ring (bicyclic) bond motifs is 1. The Morgan fingerprint density at radius 1 is 1.33 bits per heavy atom. The summed E-state index contributed by atoms with van der Waals surface area (Å²) in [5, 5.41) is 4.45. The molecule has 0 aromatic carbocycles. The maximum Gasteiger partial charge on any atom is 0.131 e. The SMILES string of the molecule is CCn1nccc1[C@@H]1OCCC[C@H]1CN1CCc2cnc(C(C)C)nc2C1. The van der Waals surface area contributed by atoms with Gasteiger partial charge >= 0.3 is 0 Å². The van der Waals surface area contributed by atoms with E-state index in [0.29, 0.717) is 11.8 Å². The number of aryl methyl sites for hydroxylation is 1. The number of rotatable bonds is 5. The molecule has 4 rings (SSSR count). The lowest BCUT2D eigenvalue weighted by atomic mass is 9.90. The first-order valence-electron chi connectivity index (χ1n) is 10.4. The molecule has 0 unspecified atom stereocenters. The standard InChI is InChI=1S/C21H31N5O/c1-4-26-19(7-9-23-26)20-17(6-5-11-27-20)13-25-10-8-16-12-22-21(15(2)3)24-18(16)14-25/h7,9,12,15,17,20H,4-6,8,10-11,13-14H2,1-3H3/t17-,20+/m0/s1. The van der Waals surface area contributed by atoms with Gasteiger partial charge in [0.15, 0.2) is 0 Å². The highest BCUT2D eigenvalue weighted by atomic mass is 16.5. The number of hydrogen-bond donors (Lipinski definition) is 0. The third-order valence-corrected chi connectivity index (χ3v) is 5.84. The Morgan fingerprint density at radius 2 is 2.22 bits per heavy atom. The van der Waals surface area contributed by atoms with Gasteiger partial charge in [-0.3, -0.25) is 9.58 Å². The van der Waals surface area contributed by atoms with Crippen LogP contribution in [0.15, 0.2) is 18.5 Å². The highest BCUT2D eigenvalue weighted by molar-refractivity contribution is 5.21. The first kappa shape index (κ1) is 18.6. The van der Waals surface area contributed by atoms with Crippen molar-refractivity contribution in [3.05, 3.63) is 41.2 Å². The lowest BCUT2D eigenvalue weighted by Gasteiger charge is -2.37. The van der Waals surface area contributed by atoms with Gasteiger partial charge in [0.1, 0.15) is 11.9 Å². The molecule has 1 saturated heterocycles. The fourth-order valence-electron chi connectivity index (χ4n) is 4.34. The van der Waals surface area contributed by atoms with Crippen molar-refractivity contribution in [1.82, 2.24) is 24.6 Å². The van der Waals surface area contributed by atoms with Crippen molar-refractivity contribution >= 4 is 0 Å². The van der Waals surface area contributed by atoms with Crippen molar-refractivity contribution in [3.63, 3.8) is 0 Å². The van der Waals surface area contributed by atoms with Gasteiger partial charge < -0.3 is 4.74 Å². The summed E-state index contributed by atoms with van der Waals surface area (Å²) in [6, 6.07) is 2.13. The topological polar surface area (TPSA) is 56.1 Å². The average Bonchev–Trinajstić information content (AvgIpc) is 3.16. The molecular formula is C21H31N5O. The first-order valence-corrected chi connectivity index (χ1v) is 10.4. The van der Waals surface area contributed by atoms with E-state index in [0.717, 1.165) is 51.5 Å². The largest absolute Gasteiger partial charge is 0.372 e. The van der Waals surface area contributed by atoms with Gasteiger partial charge in [-0.25, -0.2) is 9.97 Å². The monoisotopic (exact) mass is 369 g/mol. The Kier molecular flexibility index (Phi) is 5.55. The van der Waals surface area contributed by atoms with Crippen LogP contribution >= 0.6 is 0 Å². The highest BCUT2D eigenvalue weighted by Gasteiger charge is 2.32. The van der Waals surface area contributed by atoms with E-state index in [4.69, 9.17) is 9.72 Å². The molecule has 0 radical (unpaired) electrons. The average molecular weight is 370 g/mol. The van der Waals surface area contributed by atoms with Gasteiger partial charge in [-0.2, -0.15) is 5.10 Å². The Morgan fingerprint density at radius 3 is 3.04 bits per heavy atom. The molecule has 2 aromatic rings. The number of nitrogens with zero attached hydrogens (tertiary/aromatic N) is 5. The Balaban J connectivity index is 1.48. The van der Waals surface area contributed by atoms with Gasteiger partial charge in [0.05, 0.1) is 11.4 Å². The van der Waals surface area contributed by atoms with Crippen molar-refractivity contribution < 1.29 is 4.74 Å². The Hall–Kier alpha value is -1.79. The molecule has 6 heteroatoms. The van der Waals surface area contributed by atoms with E-state index >= 15 is 0 Å². The third-order valence-electron chi connectivity index (χ3n) is 5.84. The van der Waals surface area contributed by atoms with E-state index in [2.05, 4.69) is 46.5 Å². The van der Waals surface area contributed by atoms with Crippen LogP contribution in [0.3, 0.4) is 0 Å². The van der Waals surface area contributed by atoms with Crippen molar-refractivity contribution in [2.45, 2.75) is 65.1 Å². The van der Waals surface area contributed by atoms with Crippen molar-refractivity contribution in [1.29, 1.82) is 0 Å². The van der Waals surface area contributed by atoms with Crippen LogP contribution in [0.5, 0.6) is 0 Å². The molecule has 0 N–H and O–H groups in total. The van der Waals surface area contributed by atoms with Crippen LogP contribution in [0.25, 0.3) is 0 Å². The quantitative estimate of drug-likeness (QED) is 0.809. The van der Waals surface area contributed by atoms with Crippen molar-refractivity contribution in [2.75, 3.05) is 19.7 Å². The van der Waals surface area contributed by atoms with Crippen LogP contribution in [0.4, 0.5) is 0 Å². The van der Waals surface area contributed by atoms with Crippen LogP contribution < -0.4 is 0 Å². The maximum absolute atomic E-state index is 6.23. The predicted molar refractivity (Wildman–Crippen MR) is 104 cm³/mol. The molecule has 1 fully saturated rings. The zero-order valence-corrected chi connectivity index (χ0v) is 16.8. The molecule has 6 nitrogen and oxygen atoms in total. The van der Waals surface area contributed by atoms with Gasteiger partial charge in [-0.1, -0.05) is 13.8 Å². The van der Waals surface area contributed by atoms with Crippen LogP contribution in [0, 0.1) is 5.92 Å². The summed E-state index contributed by atoms with van der Waals surface area (Å²) in [6.07, 6.45) is 7.49. The maximum atomic E-state index is 6.23. The van der Waals surface area contributed by atoms with Gasteiger partial charge in [0.25, 0.3) is 0 Å². The number of ether oxygens (including phenoxy) is 1. The fourth-order valence-corrected chi connectivity index (χ4v) is 4.34. The van der Waals surface area contributed by atoms with Crippen LogP contribution in [-0.2, 0) is 24.2 Å². The van der Waals surface area contributed by atoms with Crippen LogP contribution in [0.2, 0.25) is 0 Å². The zero-order chi connectivity index (χ0) is 18.8. The molecule has 2 aromatic heterocycles. The summed E-state index contributed by atoms with van der Waals surface area (Å²) in [6.45, 7) is 11.3. The second-order valence-corrected chi connectivity index (χ2v) is 8.11. The molecule has 0 aliphatic carbocycles. The van der Waals surface area contributed by atoms with E-state index in [9.17, 15) is 0 Å². The van der Waals surface area contributed by atoms with Crippen molar-refractivity contribution in [2.24, 2.45) is 5.92 Å². The molecule has 0 bridgehead atoms. The predicted octanol–water partition coefficient (Wildman–Crippen LogP) is 3.34. The second kappa shape index (κ2) is 8.07. The minimum absolute atomic E-state index is 0.152. The summed E-state index contributed by atoms with van der Waals surface area (Å²) in [7, 11) is 0. The first-order chi connectivity index (χ1) is 13.2. The Bertz CT molecular complexity index is 772. The van der Waals surface area contributed by atoms with Gasteiger partial charge in [-0.15, -0.1) is 0 Å². The van der Waals surface area contributed by atoms with E-state index < -0.39 is 0 Å². The molecule has 146 valence electrons. The van der Waals surface area contributed by atoms with E-state index in [-0.39, 0.29) is 6.10 Å². The lowest BCUT2D eigenvalue weighted by molar-refractivity contribution is -0.0449. The lowest BCUT2D eigenvalue weighted by Crippen LogP contribution is -2.39. The summed E-state index contributed by atoms with van der Waals surface area (Å²) in [5.74, 6) is 1.84. The number of hydrogen-bond acceptors (Lipinski definition) is 5. The van der Waals surface area contributed by atoms with Crippen LogP contribution in [-0.4, -0.2) is 44.3 Å². The third kappa shape index (κ3) is 3.92. The number of aromatic nitrogens is 4. The molecule has 2 aliphatic heterocycles. The van der Waals surface area contributed by atoms with Gasteiger partial charge in [0, 0.05) is 57.0 Å². The van der Waals surface area contributed by atoms with E-state index in [1.54, 1.807) is 0 Å². The molecule has 0 spiro atoms. The molecule has 4 heterocycles. The van der Waals surface area contributed by atoms with Gasteiger partial charge in [0.2, 0.25) is 0 Å². The molecule has 0 saturated carbocycles. The molecule has 0 amide bonds. The van der Waals surface area contributed by atoms with E-state index in [1.807, 2.05) is 12.4 Å². The zero-order valence-electron chi connectivity index (χ0n) is 16.8. The minimum atomic E-state index is 0.152. The highest BCUT2D eigenvalue weighted by Crippen LogP contribution is 2.35. The second-order valence-electron chi connectivity index (χ2n) is 8.11. The minimum Gasteiger partial charge on any atom is -0.372 e. The van der Waals surface area contributed by atoms with Crippen molar-refractivity contribution in [3.8, 4) is 0 Å².